The van der Waals surface area contributed by atoms with Gasteiger partial charge in [0.2, 0.25) is 0 Å². The van der Waals surface area contributed by atoms with Gasteiger partial charge in [-0.25, -0.2) is 0 Å². The summed E-state index contributed by atoms with van der Waals surface area (Å²) in [6, 6.07) is 41.9. The molecule has 0 spiro atoms. The number of allylic oxidation sites excluding steroid dienone is 1. The summed E-state index contributed by atoms with van der Waals surface area (Å²) in [4.78, 5) is 0. The van der Waals surface area contributed by atoms with Crippen LogP contribution in [0, 0.1) is 0 Å². The van der Waals surface area contributed by atoms with Crippen LogP contribution in [0.1, 0.15) is 22.6 Å². The van der Waals surface area contributed by atoms with Crippen molar-refractivity contribution in [2.45, 2.75) is 12.3 Å². The first-order chi connectivity index (χ1) is 17.3. The molecule has 0 aliphatic heterocycles. The number of benzene rings is 5. The number of hydrogen-bond acceptors (Lipinski definition) is 0. The zero-order valence-electron chi connectivity index (χ0n) is 19.4. The van der Waals surface area contributed by atoms with E-state index >= 15 is 0 Å². The minimum atomic E-state index is 0.412. The van der Waals surface area contributed by atoms with Crippen molar-refractivity contribution >= 4 is 27.8 Å². The number of fused-ring (bicyclic) bond motifs is 3. The van der Waals surface area contributed by atoms with Crippen LogP contribution in [0.3, 0.4) is 0 Å². The van der Waals surface area contributed by atoms with Crippen LogP contribution in [0.25, 0.3) is 44.6 Å². The van der Waals surface area contributed by atoms with Crippen molar-refractivity contribution in [1.29, 1.82) is 0 Å². The molecule has 1 nitrogen and oxygen atoms in total. The molecule has 0 radical (unpaired) electrons. The average molecular weight is 448 g/mol. The highest BCUT2D eigenvalue weighted by Crippen LogP contribution is 2.35. The largest absolute Gasteiger partial charge is 0.317 e. The molecule has 0 bridgehead atoms. The topological polar surface area (TPSA) is 4.93 Å². The maximum absolute atomic E-state index is 2.38. The van der Waals surface area contributed by atoms with E-state index in [2.05, 4.69) is 138 Å². The van der Waals surface area contributed by atoms with Crippen molar-refractivity contribution in [3.8, 4) is 16.8 Å². The van der Waals surface area contributed by atoms with E-state index in [0.717, 1.165) is 6.42 Å². The summed E-state index contributed by atoms with van der Waals surface area (Å²) in [6.07, 6.45) is 7.89. The fourth-order valence-corrected chi connectivity index (χ4v) is 5.55. The van der Waals surface area contributed by atoms with Gasteiger partial charge in [-0.1, -0.05) is 97.1 Å². The maximum Gasteiger partial charge on any atom is 0.0528 e. The Kier molecular flexibility index (Phi) is 4.67. The second-order valence-electron chi connectivity index (χ2n) is 9.44. The van der Waals surface area contributed by atoms with Crippen LogP contribution in [0.15, 0.2) is 128 Å². The van der Waals surface area contributed by atoms with Gasteiger partial charge in [-0.3, -0.25) is 0 Å². The minimum Gasteiger partial charge on any atom is -0.317 e. The van der Waals surface area contributed by atoms with Crippen LogP contribution in [0.2, 0.25) is 0 Å². The van der Waals surface area contributed by atoms with Crippen molar-refractivity contribution in [2.24, 2.45) is 0 Å². The van der Waals surface area contributed by atoms with Gasteiger partial charge in [0.05, 0.1) is 5.52 Å². The molecule has 6 aromatic rings. The Morgan fingerprint density at radius 3 is 2.31 bits per heavy atom. The normalized spacial score (nSPS) is 14.9. The second kappa shape index (κ2) is 8.14. The molecule has 166 valence electrons. The van der Waals surface area contributed by atoms with E-state index in [1.165, 1.54) is 55.2 Å². The van der Waals surface area contributed by atoms with E-state index in [0.29, 0.717) is 5.92 Å². The lowest BCUT2D eigenvalue weighted by molar-refractivity contribution is 0.834. The molecule has 0 amide bonds. The first-order valence-corrected chi connectivity index (χ1v) is 12.3. The molecule has 1 heterocycles. The van der Waals surface area contributed by atoms with Crippen molar-refractivity contribution in [2.75, 3.05) is 0 Å². The molecular formula is C34H25N. The maximum atomic E-state index is 2.38. The number of nitrogens with zero attached hydrogens (tertiary/aromatic N) is 1. The fraction of sp³-hybridized carbons (Fsp3) is 0.0588. The predicted octanol–water partition coefficient (Wildman–Crippen LogP) is 8.80. The molecule has 1 aliphatic carbocycles. The number of aromatic nitrogens is 1. The van der Waals surface area contributed by atoms with Gasteiger partial charge in [-0.2, -0.15) is 0 Å². The molecule has 0 fully saturated rings. The number of rotatable bonds is 3. The number of para-hydroxylation sites is 1. The summed E-state index contributed by atoms with van der Waals surface area (Å²) in [5, 5.41) is 3.94. The molecular weight excluding hydrogens is 422 g/mol. The van der Waals surface area contributed by atoms with Gasteiger partial charge in [0.15, 0.2) is 0 Å². The van der Waals surface area contributed by atoms with E-state index in [4.69, 9.17) is 0 Å². The Morgan fingerprint density at radius 2 is 1.40 bits per heavy atom. The van der Waals surface area contributed by atoms with Gasteiger partial charge in [0, 0.05) is 17.8 Å². The Labute approximate surface area is 205 Å². The van der Waals surface area contributed by atoms with Crippen LogP contribution in [0.5, 0.6) is 0 Å². The van der Waals surface area contributed by atoms with Gasteiger partial charge >= 0.3 is 0 Å². The van der Waals surface area contributed by atoms with Crippen LogP contribution in [-0.4, -0.2) is 4.57 Å². The molecule has 1 unspecified atom stereocenters. The van der Waals surface area contributed by atoms with E-state index in [9.17, 15) is 0 Å². The van der Waals surface area contributed by atoms with Gasteiger partial charge in [0.25, 0.3) is 0 Å². The van der Waals surface area contributed by atoms with Gasteiger partial charge in [-0.15, -0.1) is 0 Å². The quantitative estimate of drug-likeness (QED) is 0.255. The van der Waals surface area contributed by atoms with Crippen molar-refractivity contribution in [1.82, 2.24) is 4.57 Å². The molecule has 5 aromatic carbocycles. The lowest BCUT2D eigenvalue weighted by Gasteiger charge is -2.22. The summed E-state index contributed by atoms with van der Waals surface area (Å²) in [5.74, 6) is 0.412. The van der Waals surface area contributed by atoms with Crippen molar-refractivity contribution in [3.05, 3.63) is 144 Å². The van der Waals surface area contributed by atoms with E-state index in [1.54, 1.807) is 0 Å². The molecule has 7 rings (SSSR count). The molecule has 0 saturated carbocycles. The molecule has 1 aliphatic rings. The smallest absolute Gasteiger partial charge is 0.0528 e. The predicted molar refractivity (Wildman–Crippen MR) is 148 cm³/mol. The third kappa shape index (κ3) is 3.48. The molecule has 35 heavy (non-hydrogen) atoms. The van der Waals surface area contributed by atoms with E-state index in [-0.39, 0.29) is 0 Å². The summed E-state index contributed by atoms with van der Waals surface area (Å²) < 4.78 is 2.25. The van der Waals surface area contributed by atoms with Gasteiger partial charge < -0.3 is 4.57 Å². The highest BCUT2D eigenvalue weighted by molar-refractivity contribution is 5.87. The van der Waals surface area contributed by atoms with E-state index in [1.807, 2.05) is 0 Å². The SMILES string of the molecule is C1=CC(c2cccc3ccccc23)Cc2ccc(-c3ccc(-n4ccc5ccccc54)cc3)cc21. The molecule has 1 heteroatoms. The summed E-state index contributed by atoms with van der Waals surface area (Å²) in [5.41, 5.74) is 9.11. The van der Waals surface area contributed by atoms with Crippen LogP contribution >= 0.6 is 0 Å². The van der Waals surface area contributed by atoms with E-state index < -0.39 is 0 Å². The Balaban J connectivity index is 1.18. The third-order valence-corrected chi connectivity index (χ3v) is 7.39. The second-order valence-corrected chi connectivity index (χ2v) is 9.44. The molecule has 0 N–H and O–H groups in total. The lowest BCUT2D eigenvalue weighted by Crippen LogP contribution is -2.06. The zero-order valence-corrected chi connectivity index (χ0v) is 19.4. The van der Waals surface area contributed by atoms with Gasteiger partial charge in [0.1, 0.15) is 0 Å². The summed E-state index contributed by atoms with van der Waals surface area (Å²) in [7, 11) is 0. The van der Waals surface area contributed by atoms with Crippen LogP contribution in [0.4, 0.5) is 0 Å². The highest BCUT2D eigenvalue weighted by Gasteiger charge is 2.18. The average Bonchev–Trinajstić information content (AvgIpc) is 3.36. The molecule has 1 aromatic heterocycles. The highest BCUT2D eigenvalue weighted by atomic mass is 15.0. The molecule has 0 saturated heterocycles. The van der Waals surface area contributed by atoms with Gasteiger partial charge in [-0.05, 0) is 80.7 Å². The molecule has 1 atom stereocenters. The first-order valence-electron chi connectivity index (χ1n) is 12.3. The zero-order chi connectivity index (χ0) is 23.2. The third-order valence-electron chi connectivity index (χ3n) is 7.39. The lowest BCUT2D eigenvalue weighted by atomic mass is 9.82. The standard InChI is InChI=1S/C34H25N/c1-3-9-32-25(6-1)8-5-10-33(32)30-15-14-28-22-27(12-13-29(28)23-30)24-16-18-31(19-17-24)35-21-20-26-7-2-4-11-34(26)35/h1-22,30H,23H2. The Morgan fingerprint density at radius 1 is 0.629 bits per heavy atom. The van der Waals surface area contributed by atoms with Crippen molar-refractivity contribution in [3.63, 3.8) is 0 Å². The Hall–Kier alpha value is -4.36. The minimum absolute atomic E-state index is 0.412. The summed E-state index contributed by atoms with van der Waals surface area (Å²) >= 11 is 0. The van der Waals surface area contributed by atoms with Crippen LogP contribution < -0.4 is 0 Å². The van der Waals surface area contributed by atoms with Crippen LogP contribution in [-0.2, 0) is 6.42 Å². The van der Waals surface area contributed by atoms with Crippen molar-refractivity contribution < 1.29 is 0 Å². The fourth-order valence-electron chi connectivity index (χ4n) is 5.55. The first kappa shape index (κ1) is 20.1. The number of hydrogen-bond donors (Lipinski definition) is 0. The summed E-state index contributed by atoms with van der Waals surface area (Å²) in [6.45, 7) is 0. The monoisotopic (exact) mass is 447 g/mol. The Bertz CT molecular complexity index is 1710.